The van der Waals surface area contributed by atoms with Crippen molar-refractivity contribution in [3.05, 3.63) is 12.2 Å². The molecule has 0 aromatic heterocycles. The van der Waals surface area contributed by atoms with E-state index < -0.39 is 26.5 Å². The molecule has 0 bridgehead atoms. The van der Waals surface area contributed by atoms with Gasteiger partial charge in [0.05, 0.1) is 27.7 Å². The fourth-order valence-electron chi connectivity index (χ4n) is 6.07. The van der Waals surface area contributed by atoms with Crippen LogP contribution in [0.4, 0.5) is 0 Å². The first-order valence-electron chi connectivity index (χ1n) is 21.9. The van der Waals surface area contributed by atoms with Crippen molar-refractivity contribution >= 4 is 19.8 Å². The number of ether oxygens (including phenoxy) is 2. The highest BCUT2D eigenvalue weighted by atomic mass is 31.2. The Kier molecular flexibility index (Phi) is 35.5. The minimum absolute atomic E-state index is 0.0331. The van der Waals surface area contributed by atoms with E-state index in [-0.39, 0.29) is 25.6 Å². The Balaban J connectivity index is 4.31. The number of allylic oxidation sites excluding steroid dienone is 2. The number of phosphoric acid groups is 1. The van der Waals surface area contributed by atoms with Crippen molar-refractivity contribution in [1.29, 1.82) is 0 Å². The summed E-state index contributed by atoms with van der Waals surface area (Å²) in [6.07, 6.45) is 36.8. The summed E-state index contributed by atoms with van der Waals surface area (Å²) in [6.45, 7) is 4.41. The number of carbonyl (C=O) groups is 2. The Morgan fingerprint density at radius 2 is 0.962 bits per heavy atom. The van der Waals surface area contributed by atoms with E-state index in [1.807, 2.05) is 21.1 Å². The van der Waals surface area contributed by atoms with E-state index >= 15 is 0 Å². The third-order valence-corrected chi connectivity index (χ3v) is 10.5. The van der Waals surface area contributed by atoms with Gasteiger partial charge in [0, 0.05) is 12.8 Å². The summed E-state index contributed by atoms with van der Waals surface area (Å²) in [4.78, 5) is 35.3. The maximum Gasteiger partial charge on any atom is 0.472 e. The van der Waals surface area contributed by atoms with Crippen molar-refractivity contribution < 1.29 is 42.1 Å². The SMILES string of the molecule is CCCCC/C=C\CCCCCCCC(=O)O[C@H](COC(=O)CCCCCCCCCCCCCCCCCCC)COP(=O)(O)OCC[N+](C)(C)C. The quantitative estimate of drug-likeness (QED) is 0.0215. The number of unbranched alkanes of at least 4 members (excludes halogenated alkanes) is 24. The largest absolute Gasteiger partial charge is 0.472 e. The molecule has 0 saturated heterocycles. The van der Waals surface area contributed by atoms with E-state index in [0.717, 1.165) is 51.4 Å². The van der Waals surface area contributed by atoms with Crippen LogP contribution < -0.4 is 0 Å². The topological polar surface area (TPSA) is 108 Å². The molecule has 0 amide bonds. The van der Waals surface area contributed by atoms with Crippen LogP contribution >= 0.6 is 7.82 Å². The molecule has 0 radical (unpaired) electrons. The van der Waals surface area contributed by atoms with E-state index in [1.165, 1.54) is 116 Å². The first-order valence-corrected chi connectivity index (χ1v) is 23.4. The molecular formula is C43H85NO8P+. The average Bonchev–Trinajstić information content (AvgIpc) is 3.10. The van der Waals surface area contributed by atoms with E-state index in [1.54, 1.807) is 0 Å². The smallest absolute Gasteiger partial charge is 0.462 e. The van der Waals surface area contributed by atoms with Crippen LogP contribution in [0.3, 0.4) is 0 Å². The molecule has 0 fully saturated rings. The third kappa shape index (κ3) is 40.2. The zero-order valence-corrected chi connectivity index (χ0v) is 36.2. The van der Waals surface area contributed by atoms with E-state index in [4.69, 9.17) is 18.5 Å². The Labute approximate surface area is 326 Å². The van der Waals surface area contributed by atoms with Crippen molar-refractivity contribution in [3.8, 4) is 0 Å². The lowest BCUT2D eigenvalue weighted by atomic mass is 10.0. The van der Waals surface area contributed by atoms with Crippen LogP contribution in [0.1, 0.15) is 200 Å². The molecule has 0 aromatic carbocycles. The highest BCUT2D eigenvalue weighted by molar-refractivity contribution is 7.47. The lowest BCUT2D eigenvalue weighted by molar-refractivity contribution is -0.870. The van der Waals surface area contributed by atoms with Gasteiger partial charge in [-0.05, 0) is 38.5 Å². The van der Waals surface area contributed by atoms with Gasteiger partial charge in [-0.1, -0.05) is 161 Å². The van der Waals surface area contributed by atoms with Gasteiger partial charge in [0.1, 0.15) is 19.8 Å². The number of phosphoric ester groups is 1. The third-order valence-electron chi connectivity index (χ3n) is 9.55. The van der Waals surface area contributed by atoms with Crippen LogP contribution in [-0.2, 0) is 32.7 Å². The van der Waals surface area contributed by atoms with Gasteiger partial charge in [-0.2, -0.15) is 0 Å². The van der Waals surface area contributed by atoms with Crippen molar-refractivity contribution in [1.82, 2.24) is 0 Å². The minimum atomic E-state index is -4.37. The van der Waals surface area contributed by atoms with Gasteiger partial charge >= 0.3 is 19.8 Å². The number of likely N-dealkylation sites (N-methyl/N-ethyl adjacent to an activating group) is 1. The van der Waals surface area contributed by atoms with Gasteiger partial charge in [-0.25, -0.2) is 4.57 Å². The fraction of sp³-hybridized carbons (Fsp3) is 0.907. The average molecular weight is 775 g/mol. The highest BCUT2D eigenvalue weighted by Crippen LogP contribution is 2.43. The lowest BCUT2D eigenvalue weighted by Gasteiger charge is -2.24. The number of hydrogen-bond donors (Lipinski definition) is 1. The van der Waals surface area contributed by atoms with Crippen molar-refractivity contribution in [2.45, 2.75) is 206 Å². The van der Waals surface area contributed by atoms with Gasteiger partial charge in [-0.15, -0.1) is 0 Å². The van der Waals surface area contributed by atoms with Gasteiger partial charge in [0.25, 0.3) is 0 Å². The van der Waals surface area contributed by atoms with Gasteiger partial charge in [0.15, 0.2) is 6.10 Å². The maximum atomic E-state index is 12.6. The number of esters is 2. The van der Waals surface area contributed by atoms with Crippen molar-refractivity contribution in [2.24, 2.45) is 0 Å². The second kappa shape index (κ2) is 36.4. The molecule has 9 nitrogen and oxygen atoms in total. The monoisotopic (exact) mass is 775 g/mol. The first kappa shape index (κ1) is 51.8. The van der Waals surface area contributed by atoms with Crippen LogP contribution in [0.25, 0.3) is 0 Å². The Hall–Kier alpha value is -1.25. The second-order valence-electron chi connectivity index (χ2n) is 16.1. The maximum absolute atomic E-state index is 12.6. The fourth-order valence-corrected chi connectivity index (χ4v) is 6.81. The Morgan fingerprint density at radius 3 is 1.43 bits per heavy atom. The number of nitrogens with zero attached hydrogens (tertiary/aromatic N) is 1. The molecule has 10 heteroatoms. The van der Waals surface area contributed by atoms with Crippen LogP contribution in [0.2, 0.25) is 0 Å². The predicted molar refractivity (Wildman–Crippen MR) is 220 cm³/mol. The molecule has 0 aromatic rings. The minimum Gasteiger partial charge on any atom is -0.462 e. The van der Waals surface area contributed by atoms with Gasteiger partial charge < -0.3 is 18.9 Å². The summed E-state index contributed by atoms with van der Waals surface area (Å²) in [5, 5.41) is 0. The molecule has 2 atom stereocenters. The molecule has 0 rings (SSSR count). The summed E-state index contributed by atoms with van der Waals surface area (Å²) < 4.78 is 34.3. The van der Waals surface area contributed by atoms with Crippen molar-refractivity contribution in [3.63, 3.8) is 0 Å². The zero-order valence-electron chi connectivity index (χ0n) is 35.3. The predicted octanol–water partition coefficient (Wildman–Crippen LogP) is 12.2. The van der Waals surface area contributed by atoms with Crippen LogP contribution in [0.15, 0.2) is 12.2 Å². The van der Waals surface area contributed by atoms with Crippen molar-refractivity contribution in [2.75, 3.05) is 47.5 Å². The van der Waals surface area contributed by atoms with E-state index in [9.17, 15) is 19.0 Å². The molecule has 0 aliphatic rings. The molecule has 0 heterocycles. The Bertz CT molecular complexity index is 922. The standard InChI is InChI=1S/C43H84NO8P/c1-6-8-10-12-14-16-18-20-21-22-23-24-26-27-29-31-33-35-42(45)49-39-41(40-51-53(47,48)50-38-37-44(3,4)5)52-43(46)36-34-32-30-28-25-19-17-15-13-11-9-7-2/h15,17,41H,6-14,16,18-40H2,1-5H3/p+1/b17-15-/t41-/m1/s1. The van der Waals surface area contributed by atoms with E-state index in [0.29, 0.717) is 23.9 Å². The summed E-state index contributed by atoms with van der Waals surface area (Å²) in [5.41, 5.74) is 0. The summed E-state index contributed by atoms with van der Waals surface area (Å²) in [7, 11) is 1.48. The summed E-state index contributed by atoms with van der Waals surface area (Å²) in [5.74, 6) is -0.800. The lowest BCUT2D eigenvalue weighted by Crippen LogP contribution is -2.37. The molecule has 0 spiro atoms. The van der Waals surface area contributed by atoms with Gasteiger partial charge in [0.2, 0.25) is 0 Å². The molecule has 1 N–H and O–H groups in total. The molecule has 0 aliphatic heterocycles. The first-order chi connectivity index (χ1) is 25.5. The highest BCUT2D eigenvalue weighted by Gasteiger charge is 2.27. The molecule has 1 unspecified atom stereocenters. The molecular weight excluding hydrogens is 689 g/mol. The normalized spacial score (nSPS) is 13.7. The molecule has 0 aliphatic carbocycles. The number of rotatable bonds is 40. The second-order valence-corrected chi connectivity index (χ2v) is 17.5. The number of hydrogen-bond acceptors (Lipinski definition) is 7. The summed E-state index contributed by atoms with van der Waals surface area (Å²) in [6, 6.07) is 0. The van der Waals surface area contributed by atoms with Crippen LogP contribution in [0, 0.1) is 0 Å². The number of carbonyl (C=O) groups excluding carboxylic acids is 2. The van der Waals surface area contributed by atoms with Crippen LogP contribution in [-0.4, -0.2) is 74.9 Å². The zero-order chi connectivity index (χ0) is 39.3. The summed E-state index contributed by atoms with van der Waals surface area (Å²) >= 11 is 0. The molecule has 0 saturated carbocycles. The van der Waals surface area contributed by atoms with E-state index in [2.05, 4.69) is 26.0 Å². The molecule has 53 heavy (non-hydrogen) atoms. The molecule has 314 valence electrons. The van der Waals surface area contributed by atoms with Crippen LogP contribution in [0.5, 0.6) is 0 Å². The number of quaternary nitrogens is 1. The van der Waals surface area contributed by atoms with Gasteiger partial charge in [-0.3, -0.25) is 18.6 Å². The Morgan fingerprint density at radius 1 is 0.566 bits per heavy atom.